The van der Waals surface area contributed by atoms with Crippen LogP contribution >= 0.6 is 0 Å². The third kappa shape index (κ3) is 8.65. The van der Waals surface area contributed by atoms with E-state index < -0.39 is 0 Å². The van der Waals surface area contributed by atoms with Crippen LogP contribution < -0.4 is 14.2 Å². The molecule has 0 saturated heterocycles. The van der Waals surface area contributed by atoms with Gasteiger partial charge in [0.1, 0.15) is 30.9 Å². The molecular formula is C25H36N2O5. The highest BCUT2D eigenvalue weighted by molar-refractivity contribution is 5.95. The van der Waals surface area contributed by atoms with Crippen molar-refractivity contribution in [3.63, 3.8) is 0 Å². The summed E-state index contributed by atoms with van der Waals surface area (Å²) in [6.07, 6.45) is 9.36. The number of aryl methyl sites for hydroxylation is 2. The monoisotopic (exact) mass is 444 g/mol. The van der Waals surface area contributed by atoms with Gasteiger partial charge in [-0.25, -0.2) is 0 Å². The molecule has 0 fully saturated rings. The lowest BCUT2D eigenvalue weighted by atomic mass is 10.1. The molecule has 0 spiro atoms. The van der Waals surface area contributed by atoms with Gasteiger partial charge in [0.05, 0.1) is 19.3 Å². The molecule has 0 aliphatic carbocycles. The lowest BCUT2D eigenvalue weighted by molar-refractivity contribution is 0.212. The van der Waals surface area contributed by atoms with E-state index in [1.54, 1.807) is 13.0 Å². The number of ether oxygens (including phenoxy) is 3. The van der Waals surface area contributed by atoms with Gasteiger partial charge in [-0.15, -0.1) is 0 Å². The maximum atomic E-state index is 6.04. The number of allylic oxidation sites excluding steroid dienone is 1. The Morgan fingerprint density at radius 2 is 1.62 bits per heavy atom. The topological polar surface area (TPSA) is 75.3 Å². The number of oxime groups is 1. The highest BCUT2D eigenvalue weighted by Gasteiger charge is 2.09. The van der Waals surface area contributed by atoms with Gasteiger partial charge in [-0.3, -0.25) is 0 Å². The molecule has 0 radical (unpaired) electrons. The smallest absolute Gasteiger partial charge is 0.254 e. The Balaban J connectivity index is 1.57. The van der Waals surface area contributed by atoms with Crippen LogP contribution in [0.3, 0.4) is 0 Å². The van der Waals surface area contributed by atoms with Crippen molar-refractivity contribution in [3.8, 4) is 17.4 Å². The number of aromatic nitrogens is 1. The average molecular weight is 445 g/mol. The van der Waals surface area contributed by atoms with Crippen molar-refractivity contribution in [1.29, 1.82) is 0 Å². The van der Waals surface area contributed by atoms with E-state index in [1.807, 2.05) is 31.2 Å². The minimum atomic E-state index is 0.475. The molecule has 2 aromatic rings. The van der Waals surface area contributed by atoms with E-state index in [-0.39, 0.29) is 0 Å². The van der Waals surface area contributed by atoms with Crippen molar-refractivity contribution in [3.05, 3.63) is 47.2 Å². The fourth-order valence-corrected chi connectivity index (χ4v) is 3.23. The number of hydrogen-bond acceptors (Lipinski definition) is 7. The first-order chi connectivity index (χ1) is 15.5. The maximum Gasteiger partial charge on any atom is 0.254 e. The normalized spacial score (nSPS) is 11.7. The summed E-state index contributed by atoms with van der Waals surface area (Å²) in [7, 11) is 1.49. The lowest BCUT2D eigenvalue weighted by Gasteiger charge is -2.14. The molecule has 1 heterocycles. The first-order valence-electron chi connectivity index (χ1n) is 11.2. The highest BCUT2D eigenvalue weighted by Crippen LogP contribution is 2.28. The molecule has 0 amide bonds. The molecule has 0 N–H and O–H groups in total. The molecule has 32 heavy (non-hydrogen) atoms. The Labute approximate surface area is 191 Å². The first kappa shape index (κ1) is 25.3. The van der Waals surface area contributed by atoms with Crippen molar-refractivity contribution in [2.45, 2.75) is 59.8 Å². The summed E-state index contributed by atoms with van der Waals surface area (Å²) in [6.45, 7) is 9.83. The molecule has 7 nitrogen and oxygen atoms in total. The van der Waals surface area contributed by atoms with Crippen molar-refractivity contribution in [1.82, 2.24) is 5.16 Å². The Bertz CT molecular complexity index is 850. The average Bonchev–Trinajstić information content (AvgIpc) is 3.23. The van der Waals surface area contributed by atoms with Crippen molar-refractivity contribution < 1.29 is 23.6 Å². The van der Waals surface area contributed by atoms with Crippen molar-refractivity contribution in [2.24, 2.45) is 5.16 Å². The van der Waals surface area contributed by atoms with E-state index >= 15 is 0 Å². The van der Waals surface area contributed by atoms with Gasteiger partial charge in [0.25, 0.3) is 5.88 Å². The summed E-state index contributed by atoms with van der Waals surface area (Å²) in [5.41, 5.74) is 2.84. The third-order valence-corrected chi connectivity index (χ3v) is 4.87. The molecule has 1 aromatic heterocycles. The first-order valence-corrected chi connectivity index (χ1v) is 11.2. The summed E-state index contributed by atoms with van der Waals surface area (Å²) in [5, 5.41) is 7.69. The van der Waals surface area contributed by atoms with Gasteiger partial charge >= 0.3 is 0 Å². The van der Waals surface area contributed by atoms with Crippen LogP contribution in [0.25, 0.3) is 0 Å². The SMILES string of the molecule is C/C=C/COc1cc(C)c(OCCCCCCCOc2cc(/C(C)=N/OC)on2)c(C)c1. The van der Waals surface area contributed by atoms with Crippen LogP contribution in [0.1, 0.15) is 62.8 Å². The molecule has 176 valence electrons. The number of nitrogens with zero attached hydrogens (tertiary/aromatic N) is 2. The second kappa shape index (κ2) is 14.2. The fraction of sp³-hybridized carbons (Fsp3) is 0.520. The molecule has 0 saturated carbocycles. The minimum absolute atomic E-state index is 0.475. The number of benzene rings is 1. The Morgan fingerprint density at radius 3 is 2.28 bits per heavy atom. The van der Waals surface area contributed by atoms with Crippen LogP contribution in [0.4, 0.5) is 0 Å². The standard InChI is InChI=1S/C25H36N2O5/c1-6-7-13-29-22-16-19(2)25(20(3)17-22)31-15-12-10-8-9-11-14-30-24-18-23(32-27-24)21(4)26-28-5/h6-7,16-18H,8-15H2,1-5H3/b7-6+,26-21+. The van der Waals surface area contributed by atoms with Crippen LogP contribution in [-0.2, 0) is 4.84 Å². The molecule has 0 atom stereocenters. The predicted molar refractivity (Wildman–Crippen MR) is 126 cm³/mol. The van der Waals surface area contributed by atoms with E-state index in [0.717, 1.165) is 61.3 Å². The predicted octanol–water partition coefficient (Wildman–Crippen LogP) is 6.03. The summed E-state index contributed by atoms with van der Waals surface area (Å²) in [4.78, 5) is 4.72. The van der Waals surface area contributed by atoms with E-state index in [4.69, 9.17) is 23.6 Å². The molecule has 2 rings (SSSR count). The molecule has 0 bridgehead atoms. The Kier molecular flexibility index (Phi) is 11.2. The minimum Gasteiger partial charge on any atom is -0.493 e. The van der Waals surface area contributed by atoms with E-state index in [1.165, 1.54) is 7.11 Å². The van der Waals surface area contributed by atoms with Gasteiger partial charge in [-0.2, -0.15) is 0 Å². The summed E-state index contributed by atoms with van der Waals surface area (Å²) < 4.78 is 22.6. The molecule has 7 heteroatoms. The lowest BCUT2D eigenvalue weighted by Crippen LogP contribution is -2.02. The number of hydrogen-bond donors (Lipinski definition) is 0. The quantitative estimate of drug-likeness (QED) is 0.145. The van der Waals surface area contributed by atoms with E-state index in [2.05, 4.69) is 24.2 Å². The number of rotatable bonds is 15. The Hall–Kier alpha value is -2.96. The second-order valence-corrected chi connectivity index (χ2v) is 7.62. The van der Waals surface area contributed by atoms with Crippen LogP contribution in [-0.4, -0.2) is 37.8 Å². The molecular weight excluding hydrogens is 408 g/mol. The van der Waals surface area contributed by atoms with Gasteiger partial charge < -0.3 is 23.6 Å². The molecule has 0 aliphatic rings. The fourth-order valence-electron chi connectivity index (χ4n) is 3.23. The van der Waals surface area contributed by atoms with Crippen LogP contribution in [0, 0.1) is 13.8 Å². The molecule has 0 unspecified atom stereocenters. The van der Waals surface area contributed by atoms with Gasteiger partial charge in [0, 0.05) is 0 Å². The van der Waals surface area contributed by atoms with E-state index in [9.17, 15) is 0 Å². The van der Waals surface area contributed by atoms with Crippen LogP contribution in [0.2, 0.25) is 0 Å². The third-order valence-electron chi connectivity index (χ3n) is 4.87. The maximum absolute atomic E-state index is 6.04. The van der Waals surface area contributed by atoms with Gasteiger partial charge in [-0.1, -0.05) is 36.6 Å². The van der Waals surface area contributed by atoms with Crippen molar-refractivity contribution >= 4 is 5.71 Å². The zero-order chi connectivity index (χ0) is 23.2. The molecule has 0 aliphatic heterocycles. The summed E-state index contributed by atoms with van der Waals surface area (Å²) in [6, 6.07) is 5.80. The second-order valence-electron chi connectivity index (χ2n) is 7.62. The zero-order valence-electron chi connectivity index (χ0n) is 20.0. The van der Waals surface area contributed by atoms with Gasteiger partial charge in [0.15, 0.2) is 5.76 Å². The summed E-state index contributed by atoms with van der Waals surface area (Å²) in [5.74, 6) is 2.87. The Morgan fingerprint density at radius 1 is 0.969 bits per heavy atom. The van der Waals surface area contributed by atoms with Crippen molar-refractivity contribution in [2.75, 3.05) is 26.9 Å². The number of unbranched alkanes of at least 4 members (excludes halogenated alkanes) is 4. The van der Waals surface area contributed by atoms with Gasteiger partial charge in [0.2, 0.25) is 0 Å². The highest BCUT2D eigenvalue weighted by atomic mass is 16.6. The molecule has 1 aromatic carbocycles. The van der Waals surface area contributed by atoms with E-state index in [0.29, 0.717) is 30.6 Å². The largest absolute Gasteiger partial charge is 0.493 e. The van der Waals surface area contributed by atoms with Crippen LogP contribution in [0.15, 0.2) is 40.0 Å². The zero-order valence-corrected chi connectivity index (χ0v) is 20.0. The van der Waals surface area contributed by atoms with Crippen LogP contribution in [0.5, 0.6) is 17.4 Å². The summed E-state index contributed by atoms with van der Waals surface area (Å²) >= 11 is 0. The van der Waals surface area contributed by atoms with Gasteiger partial charge in [-0.05, 0) is 69.0 Å².